The monoisotopic (exact) mass is 366 g/mol. The first-order valence-corrected chi connectivity index (χ1v) is 9.29. The van der Waals surface area contributed by atoms with Gasteiger partial charge in [-0.2, -0.15) is 0 Å². The van der Waals surface area contributed by atoms with E-state index in [-0.39, 0.29) is 12.3 Å². The van der Waals surface area contributed by atoms with E-state index in [2.05, 4.69) is 11.9 Å². The van der Waals surface area contributed by atoms with Gasteiger partial charge < -0.3 is 19.9 Å². The van der Waals surface area contributed by atoms with Gasteiger partial charge in [0.05, 0.1) is 31.0 Å². The molecule has 140 valence electrons. The number of amides is 1. The van der Waals surface area contributed by atoms with E-state index in [4.69, 9.17) is 4.74 Å². The number of benzene rings is 1. The van der Waals surface area contributed by atoms with Gasteiger partial charge in [0.25, 0.3) is 0 Å². The van der Waals surface area contributed by atoms with Gasteiger partial charge in [-0.3, -0.25) is 9.59 Å². The summed E-state index contributed by atoms with van der Waals surface area (Å²) in [5, 5.41) is 16.8. The minimum atomic E-state index is -1.44. The van der Waals surface area contributed by atoms with E-state index in [0.717, 1.165) is 5.56 Å². The first-order chi connectivity index (χ1) is 12.9. The topological polar surface area (TPSA) is 78.5 Å². The lowest BCUT2D eigenvalue weighted by Crippen LogP contribution is -2.64. The molecule has 5 atom stereocenters. The average Bonchev–Trinajstić information content (AvgIpc) is 3.16. The third kappa shape index (κ3) is 1.57. The van der Waals surface area contributed by atoms with E-state index in [1.165, 1.54) is 7.11 Å². The van der Waals surface area contributed by atoms with Crippen molar-refractivity contribution in [3.05, 3.63) is 59.8 Å². The summed E-state index contributed by atoms with van der Waals surface area (Å²) in [6.07, 6.45) is 6.32. The van der Waals surface area contributed by atoms with Crippen LogP contribution in [0.5, 0.6) is 0 Å². The van der Waals surface area contributed by atoms with E-state index in [1.807, 2.05) is 36.4 Å². The number of hydrogen-bond donors (Lipinski definition) is 1. The number of rotatable bonds is 2. The SMILES string of the molecule is C=CC12C=CC[N+]3([O-])CCC4(c5ccccc5NC(=O)C4(C(=O)OC)C1)C23. The molecular weight excluding hydrogens is 344 g/mol. The van der Waals surface area contributed by atoms with Gasteiger partial charge in [0, 0.05) is 12.1 Å². The second-order valence-electron chi connectivity index (χ2n) is 8.27. The van der Waals surface area contributed by atoms with Gasteiger partial charge in [-0.05, 0) is 24.1 Å². The number of carbonyl (C=O) groups excluding carboxylic acids is 2. The molecule has 5 rings (SSSR count). The van der Waals surface area contributed by atoms with Crippen LogP contribution in [0.25, 0.3) is 0 Å². The summed E-state index contributed by atoms with van der Waals surface area (Å²) in [7, 11) is 1.31. The summed E-state index contributed by atoms with van der Waals surface area (Å²) >= 11 is 0. The number of nitrogens with zero attached hydrogens (tertiary/aromatic N) is 1. The van der Waals surface area contributed by atoms with Crippen LogP contribution >= 0.6 is 0 Å². The van der Waals surface area contributed by atoms with Gasteiger partial charge in [0.1, 0.15) is 6.04 Å². The highest BCUT2D eigenvalue weighted by atomic mass is 16.6. The maximum Gasteiger partial charge on any atom is 0.322 e. The quantitative estimate of drug-likeness (QED) is 0.286. The van der Waals surface area contributed by atoms with Gasteiger partial charge in [0.15, 0.2) is 5.41 Å². The predicted molar refractivity (Wildman–Crippen MR) is 99.4 cm³/mol. The molecule has 0 bridgehead atoms. The number of anilines is 1. The third-order valence-electron chi connectivity index (χ3n) is 7.46. The van der Waals surface area contributed by atoms with E-state index in [9.17, 15) is 14.8 Å². The molecule has 1 amide bonds. The highest BCUT2D eigenvalue weighted by Gasteiger charge is 2.83. The van der Waals surface area contributed by atoms with E-state index < -0.39 is 32.9 Å². The van der Waals surface area contributed by atoms with Crippen LogP contribution < -0.4 is 5.32 Å². The van der Waals surface area contributed by atoms with Crippen LogP contribution in [-0.2, 0) is 19.7 Å². The second-order valence-corrected chi connectivity index (χ2v) is 8.27. The molecule has 1 saturated heterocycles. The minimum absolute atomic E-state index is 0.208. The number of esters is 1. The second kappa shape index (κ2) is 4.88. The van der Waals surface area contributed by atoms with Crippen LogP contribution in [-0.4, -0.2) is 42.8 Å². The summed E-state index contributed by atoms with van der Waals surface area (Å²) in [4.78, 5) is 26.7. The number of carbonyl (C=O) groups is 2. The number of hydrogen-bond acceptors (Lipinski definition) is 4. The molecule has 1 N–H and O–H groups in total. The molecule has 0 aromatic heterocycles. The third-order valence-corrected chi connectivity index (χ3v) is 7.46. The number of hydroxylamine groups is 3. The molecule has 6 nitrogen and oxygen atoms in total. The number of para-hydroxylation sites is 1. The number of ether oxygens (including phenoxy) is 1. The van der Waals surface area contributed by atoms with Crippen LogP contribution in [0, 0.1) is 16.0 Å². The summed E-state index contributed by atoms with van der Waals surface area (Å²) < 4.78 is 4.76. The minimum Gasteiger partial charge on any atom is -0.632 e. The van der Waals surface area contributed by atoms with Crippen LogP contribution in [0.15, 0.2) is 49.1 Å². The Morgan fingerprint density at radius 1 is 1.44 bits per heavy atom. The predicted octanol–water partition coefficient (Wildman–Crippen LogP) is 2.27. The molecule has 1 aliphatic carbocycles. The molecule has 4 aliphatic rings. The molecule has 1 aromatic carbocycles. The first-order valence-electron chi connectivity index (χ1n) is 9.29. The molecule has 3 heterocycles. The summed E-state index contributed by atoms with van der Waals surface area (Å²) in [6.45, 7) is 4.73. The molecule has 27 heavy (non-hydrogen) atoms. The van der Waals surface area contributed by atoms with Crippen molar-refractivity contribution in [1.82, 2.24) is 0 Å². The molecule has 1 aromatic rings. The number of fused-ring (bicyclic) bond motifs is 1. The summed E-state index contributed by atoms with van der Waals surface area (Å²) in [5.74, 6) is -0.933. The van der Waals surface area contributed by atoms with Crippen molar-refractivity contribution in [1.29, 1.82) is 0 Å². The van der Waals surface area contributed by atoms with Gasteiger partial charge >= 0.3 is 5.97 Å². The molecular formula is C21H22N2O4. The zero-order chi connectivity index (χ0) is 19.1. The van der Waals surface area contributed by atoms with E-state index in [1.54, 1.807) is 6.08 Å². The fourth-order valence-corrected chi connectivity index (χ4v) is 6.67. The smallest absolute Gasteiger partial charge is 0.322 e. The Morgan fingerprint density at radius 2 is 2.22 bits per heavy atom. The zero-order valence-corrected chi connectivity index (χ0v) is 15.2. The van der Waals surface area contributed by atoms with Crippen molar-refractivity contribution in [2.75, 3.05) is 25.5 Å². The highest BCUT2D eigenvalue weighted by molar-refractivity contribution is 6.14. The maximum atomic E-state index is 13.9. The summed E-state index contributed by atoms with van der Waals surface area (Å²) in [6, 6.07) is 7.06. The molecule has 0 radical (unpaired) electrons. The lowest BCUT2D eigenvalue weighted by atomic mass is 9.57. The molecule has 2 fully saturated rings. The van der Waals surface area contributed by atoms with Gasteiger partial charge in [-0.1, -0.05) is 30.4 Å². The van der Waals surface area contributed by atoms with Crippen LogP contribution in [0.1, 0.15) is 18.4 Å². The molecule has 6 heteroatoms. The molecule has 5 unspecified atom stereocenters. The fraction of sp³-hybridized carbons (Fsp3) is 0.429. The normalized spacial score (nSPS) is 43.3. The van der Waals surface area contributed by atoms with Crippen molar-refractivity contribution in [2.24, 2.45) is 10.8 Å². The van der Waals surface area contributed by atoms with Crippen molar-refractivity contribution < 1.29 is 19.0 Å². The number of quaternary nitrogens is 1. The zero-order valence-electron chi connectivity index (χ0n) is 15.2. The van der Waals surface area contributed by atoms with Crippen molar-refractivity contribution >= 4 is 17.6 Å². The Kier molecular flexibility index (Phi) is 3.02. The van der Waals surface area contributed by atoms with E-state index in [0.29, 0.717) is 25.2 Å². The molecule has 3 aliphatic heterocycles. The number of methoxy groups -OCH3 is 1. The number of nitrogens with one attached hydrogen (secondary N) is 1. The Balaban J connectivity index is 1.92. The Morgan fingerprint density at radius 3 is 2.96 bits per heavy atom. The lowest BCUT2D eigenvalue weighted by Gasteiger charge is -2.53. The van der Waals surface area contributed by atoms with Crippen molar-refractivity contribution in [2.45, 2.75) is 24.3 Å². The highest BCUT2D eigenvalue weighted by Crippen LogP contribution is 2.72. The van der Waals surface area contributed by atoms with Crippen LogP contribution in [0.4, 0.5) is 5.69 Å². The standard InChI is InChI=1S/C21H22N2O4/c1-3-19-9-6-11-23(26)12-10-20(16(19)23)14-7-4-5-8-15(14)22-17(24)21(20,13-19)18(25)27-2/h3-9,16H,1,10-13H2,2H3,(H,22,24). The largest absolute Gasteiger partial charge is 0.632 e. The Bertz CT molecular complexity index is 927. The summed E-state index contributed by atoms with van der Waals surface area (Å²) in [5.41, 5.74) is -1.51. The molecule has 1 saturated carbocycles. The Hall–Kier alpha value is -2.44. The molecule has 1 spiro atoms. The average molecular weight is 366 g/mol. The van der Waals surface area contributed by atoms with E-state index >= 15 is 0 Å². The lowest BCUT2D eigenvalue weighted by molar-refractivity contribution is -0.896. The van der Waals surface area contributed by atoms with Crippen molar-refractivity contribution in [3.63, 3.8) is 0 Å². The fourth-order valence-electron chi connectivity index (χ4n) is 6.67. The van der Waals surface area contributed by atoms with Crippen LogP contribution in [0.2, 0.25) is 0 Å². The maximum absolute atomic E-state index is 13.9. The van der Waals surface area contributed by atoms with Gasteiger partial charge in [0.2, 0.25) is 5.91 Å². The van der Waals surface area contributed by atoms with Gasteiger partial charge in [-0.25, -0.2) is 0 Å². The first kappa shape index (κ1) is 16.7. The van der Waals surface area contributed by atoms with Gasteiger partial charge in [-0.15, -0.1) is 6.58 Å². The van der Waals surface area contributed by atoms with Crippen LogP contribution in [0.3, 0.4) is 0 Å². The Labute approximate surface area is 157 Å². The van der Waals surface area contributed by atoms with Crippen molar-refractivity contribution in [3.8, 4) is 0 Å².